The molecule has 1 aromatic heterocycles. The summed E-state index contributed by atoms with van der Waals surface area (Å²) in [6.45, 7) is 4.39. The first-order valence-corrected chi connectivity index (χ1v) is 7.26. The van der Waals surface area contributed by atoms with Crippen molar-refractivity contribution in [3.63, 3.8) is 0 Å². The first kappa shape index (κ1) is 16.2. The SMILES string of the molecule is COCC(C)NC(=O)CCc1nc(-c2cccc(C)c2)no1. The number of hydrogen-bond donors (Lipinski definition) is 1. The smallest absolute Gasteiger partial charge is 0.227 e. The molecule has 1 amide bonds. The Balaban J connectivity index is 1.88. The quantitative estimate of drug-likeness (QED) is 0.848. The average molecular weight is 303 g/mol. The third-order valence-corrected chi connectivity index (χ3v) is 3.13. The molecule has 6 nitrogen and oxygen atoms in total. The molecule has 1 atom stereocenters. The van der Waals surface area contributed by atoms with E-state index in [-0.39, 0.29) is 11.9 Å². The lowest BCUT2D eigenvalue weighted by molar-refractivity contribution is -0.122. The summed E-state index contributed by atoms with van der Waals surface area (Å²) >= 11 is 0. The minimum atomic E-state index is -0.0557. The van der Waals surface area contributed by atoms with Crippen molar-refractivity contribution in [1.29, 1.82) is 0 Å². The van der Waals surface area contributed by atoms with Crippen LogP contribution in [0.15, 0.2) is 28.8 Å². The topological polar surface area (TPSA) is 77.2 Å². The van der Waals surface area contributed by atoms with Gasteiger partial charge in [-0.1, -0.05) is 28.9 Å². The predicted octanol–water partition coefficient (Wildman–Crippen LogP) is 2.13. The Hall–Kier alpha value is -2.21. The number of hydrogen-bond acceptors (Lipinski definition) is 5. The van der Waals surface area contributed by atoms with Crippen molar-refractivity contribution in [1.82, 2.24) is 15.5 Å². The van der Waals surface area contributed by atoms with Gasteiger partial charge in [0.25, 0.3) is 0 Å². The Morgan fingerprint density at radius 3 is 3.00 bits per heavy atom. The largest absolute Gasteiger partial charge is 0.383 e. The van der Waals surface area contributed by atoms with Gasteiger partial charge in [0, 0.05) is 31.6 Å². The molecule has 2 rings (SSSR count). The van der Waals surface area contributed by atoms with Crippen LogP contribution in [0.25, 0.3) is 11.4 Å². The number of rotatable bonds is 7. The van der Waals surface area contributed by atoms with Gasteiger partial charge in [0.05, 0.1) is 6.61 Å². The monoisotopic (exact) mass is 303 g/mol. The molecule has 1 N–H and O–H groups in total. The lowest BCUT2D eigenvalue weighted by Gasteiger charge is -2.11. The van der Waals surface area contributed by atoms with E-state index < -0.39 is 0 Å². The van der Waals surface area contributed by atoms with Gasteiger partial charge in [-0.25, -0.2) is 0 Å². The Labute approximate surface area is 129 Å². The van der Waals surface area contributed by atoms with Crippen LogP contribution >= 0.6 is 0 Å². The van der Waals surface area contributed by atoms with E-state index in [9.17, 15) is 4.79 Å². The van der Waals surface area contributed by atoms with Crippen LogP contribution in [0.1, 0.15) is 24.8 Å². The Bertz CT molecular complexity index is 625. The van der Waals surface area contributed by atoms with E-state index in [0.717, 1.165) is 11.1 Å². The summed E-state index contributed by atoms with van der Waals surface area (Å²) in [5, 5.41) is 6.80. The van der Waals surface area contributed by atoms with Gasteiger partial charge in [-0.05, 0) is 19.9 Å². The Morgan fingerprint density at radius 1 is 1.45 bits per heavy atom. The van der Waals surface area contributed by atoms with E-state index in [4.69, 9.17) is 9.26 Å². The van der Waals surface area contributed by atoms with E-state index in [1.165, 1.54) is 0 Å². The fourth-order valence-electron chi connectivity index (χ4n) is 2.12. The standard InChI is InChI=1S/C16H21N3O3/c1-11-5-4-6-13(9-11)16-18-15(22-19-16)8-7-14(20)17-12(2)10-21-3/h4-6,9,12H,7-8,10H2,1-3H3,(H,17,20). The molecule has 1 aromatic carbocycles. The lowest BCUT2D eigenvalue weighted by Crippen LogP contribution is -2.35. The van der Waals surface area contributed by atoms with Crippen molar-refractivity contribution in [2.45, 2.75) is 32.7 Å². The molecule has 0 aliphatic rings. The Kier molecular flexibility index (Phi) is 5.66. The highest BCUT2D eigenvalue weighted by atomic mass is 16.5. The fraction of sp³-hybridized carbons (Fsp3) is 0.438. The second-order valence-electron chi connectivity index (χ2n) is 5.31. The molecule has 0 spiro atoms. The number of aromatic nitrogens is 2. The van der Waals surface area contributed by atoms with Gasteiger partial charge >= 0.3 is 0 Å². The van der Waals surface area contributed by atoms with Crippen molar-refractivity contribution in [3.05, 3.63) is 35.7 Å². The zero-order chi connectivity index (χ0) is 15.9. The maximum atomic E-state index is 11.8. The number of carbonyl (C=O) groups is 1. The number of nitrogens with zero attached hydrogens (tertiary/aromatic N) is 2. The van der Waals surface area contributed by atoms with Crippen LogP contribution in [0.5, 0.6) is 0 Å². The van der Waals surface area contributed by atoms with Gasteiger partial charge in [0.2, 0.25) is 17.6 Å². The molecule has 1 unspecified atom stereocenters. The van der Waals surface area contributed by atoms with Crippen LogP contribution in [0.3, 0.4) is 0 Å². The van der Waals surface area contributed by atoms with E-state index in [2.05, 4.69) is 15.5 Å². The summed E-state index contributed by atoms with van der Waals surface area (Å²) in [4.78, 5) is 16.1. The minimum Gasteiger partial charge on any atom is -0.383 e. The first-order chi connectivity index (χ1) is 10.6. The van der Waals surface area contributed by atoms with Crippen LogP contribution in [0.2, 0.25) is 0 Å². The molecule has 118 valence electrons. The third-order valence-electron chi connectivity index (χ3n) is 3.13. The summed E-state index contributed by atoms with van der Waals surface area (Å²) < 4.78 is 10.2. The summed E-state index contributed by atoms with van der Waals surface area (Å²) in [6.07, 6.45) is 0.730. The third kappa shape index (κ3) is 4.66. The van der Waals surface area contributed by atoms with Gasteiger partial charge in [-0.3, -0.25) is 4.79 Å². The summed E-state index contributed by atoms with van der Waals surface area (Å²) in [6, 6.07) is 7.87. The average Bonchev–Trinajstić information content (AvgIpc) is 2.94. The maximum absolute atomic E-state index is 11.8. The second kappa shape index (κ2) is 7.70. The van der Waals surface area contributed by atoms with Crippen LogP contribution in [-0.4, -0.2) is 35.8 Å². The number of methoxy groups -OCH3 is 1. The summed E-state index contributed by atoms with van der Waals surface area (Å²) in [5.41, 5.74) is 2.04. The van der Waals surface area contributed by atoms with Crippen molar-refractivity contribution in [3.8, 4) is 11.4 Å². The van der Waals surface area contributed by atoms with Crippen molar-refractivity contribution in [2.24, 2.45) is 0 Å². The van der Waals surface area contributed by atoms with Crippen LogP contribution in [0.4, 0.5) is 0 Å². The molecule has 0 saturated carbocycles. The molecule has 0 radical (unpaired) electrons. The first-order valence-electron chi connectivity index (χ1n) is 7.26. The van der Waals surface area contributed by atoms with Crippen molar-refractivity contribution >= 4 is 5.91 Å². The molecular formula is C16H21N3O3. The molecule has 0 aliphatic heterocycles. The highest BCUT2D eigenvalue weighted by molar-refractivity contribution is 5.76. The molecular weight excluding hydrogens is 282 g/mol. The predicted molar refractivity (Wildman–Crippen MR) is 82.3 cm³/mol. The van der Waals surface area contributed by atoms with Crippen LogP contribution in [-0.2, 0) is 16.0 Å². The van der Waals surface area contributed by atoms with Gasteiger partial charge in [0.1, 0.15) is 0 Å². The molecule has 2 aromatic rings. The molecule has 0 aliphatic carbocycles. The zero-order valence-corrected chi connectivity index (χ0v) is 13.1. The van der Waals surface area contributed by atoms with Crippen molar-refractivity contribution in [2.75, 3.05) is 13.7 Å². The molecule has 0 fully saturated rings. The number of benzene rings is 1. The highest BCUT2D eigenvalue weighted by Gasteiger charge is 2.12. The van der Waals surface area contributed by atoms with Crippen LogP contribution < -0.4 is 5.32 Å². The van der Waals surface area contributed by atoms with E-state index in [1.54, 1.807) is 7.11 Å². The van der Waals surface area contributed by atoms with E-state index in [1.807, 2.05) is 38.1 Å². The van der Waals surface area contributed by atoms with E-state index in [0.29, 0.717) is 31.2 Å². The van der Waals surface area contributed by atoms with Crippen LogP contribution in [0, 0.1) is 6.92 Å². The number of amides is 1. The fourth-order valence-corrected chi connectivity index (χ4v) is 2.12. The molecule has 0 saturated heterocycles. The van der Waals surface area contributed by atoms with Crippen molar-refractivity contribution < 1.29 is 14.1 Å². The number of aryl methyl sites for hydroxylation is 2. The number of nitrogens with one attached hydrogen (secondary N) is 1. The molecule has 1 heterocycles. The van der Waals surface area contributed by atoms with Gasteiger partial charge in [-0.2, -0.15) is 4.98 Å². The molecule has 22 heavy (non-hydrogen) atoms. The van der Waals surface area contributed by atoms with E-state index >= 15 is 0 Å². The number of carbonyl (C=O) groups excluding carboxylic acids is 1. The summed E-state index contributed by atoms with van der Waals surface area (Å²) in [5.74, 6) is 0.956. The molecule has 6 heteroatoms. The minimum absolute atomic E-state index is 0.0111. The normalized spacial score (nSPS) is 12.1. The lowest BCUT2D eigenvalue weighted by atomic mass is 10.1. The van der Waals surface area contributed by atoms with Gasteiger partial charge in [0.15, 0.2) is 0 Å². The zero-order valence-electron chi connectivity index (χ0n) is 13.1. The van der Waals surface area contributed by atoms with Gasteiger partial charge < -0.3 is 14.6 Å². The second-order valence-corrected chi connectivity index (χ2v) is 5.31. The molecule has 0 bridgehead atoms. The Morgan fingerprint density at radius 2 is 2.27 bits per heavy atom. The maximum Gasteiger partial charge on any atom is 0.227 e. The summed E-state index contributed by atoms with van der Waals surface area (Å²) in [7, 11) is 1.61. The number of ether oxygens (including phenoxy) is 1. The highest BCUT2D eigenvalue weighted by Crippen LogP contribution is 2.17. The van der Waals surface area contributed by atoms with Gasteiger partial charge in [-0.15, -0.1) is 0 Å².